The molecule has 104 valence electrons. The molecule has 5 nitrogen and oxygen atoms in total. The van der Waals surface area contributed by atoms with Crippen LogP contribution in [0, 0.1) is 0 Å². The number of benzene rings is 1. The number of carbonyl (C=O) groups excluding carboxylic acids is 1. The van der Waals surface area contributed by atoms with Crippen molar-refractivity contribution in [2.45, 2.75) is 13.0 Å². The van der Waals surface area contributed by atoms with E-state index in [9.17, 15) is 4.79 Å². The third kappa shape index (κ3) is 3.38. The molecule has 0 aromatic heterocycles. The Bertz CT molecular complexity index is 448. The highest BCUT2D eigenvalue weighted by Crippen LogP contribution is 2.25. The van der Waals surface area contributed by atoms with E-state index >= 15 is 0 Å². The number of hydrogen-bond donors (Lipinski definition) is 1. The first-order valence-electron chi connectivity index (χ1n) is 6.44. The van der Waals surface area contributed by atoms with Crippen LogP contribution >= 0.6 is 0 Å². The number of rotatable bonds is 4. The van der Waals surface area contributed by atoms with Gasteiger partial charge in [-0.1, -0.05) is 0 Å². The topological polar surface area (TPSA) is 50.8 Å². The van der Waals surface area contributed by atoms with Gasteiger partial charge in [0.15, 0.2) is 0 Å². The Morgan fingerprint density at radius 2 is 2.11 bits per heavy atom. The number of hydrogen-bond acceptors (Lipinski definition) is 4. The Balaban J connectivity index is 2.18. The van der Waals surface area contributed by atoms with Crippen LogP contribution in [0.4, 0.5) is 0 Å². The predicted molar refractivity (Wildman–Crippen MR) is 72.4 cm³/mol. The Morgan fingerprint density at radius 1 is 1.26 bits per heavy atom. The van der Waals surface area contributed by atoms with Crippen molar-refractivity contribution in [3.63, 3.8) is 0 Å². The van der Waals surface area contributed by atoms with E-state index in [0.29, 0.717) is 13.0 Å². The summed E-state index contributed by atoms with van der Waals surface area (Å²) in [6, 6.07) is 5.65. The lowest BCUT2D eigenvalue weighted by molar-refractivity contribution is -0.130. The van der Waals surface area contributed by atoms with E-state index < -0.39 is 0 Å². The van der Waals surface area contributed by atoms with Gasteiger partial charge in [-0.25, -0.2) is 0 Å². The smallest absolute Gasteiger partial charge is 0.224 e. The van der Waals surface area contributed by atoms with Crippen LogP contribution in [0.2, 0.25) is 0 Å². The first-order valence-corrected chi connectivity index (χ1v) is 6.44. The lowest BCUT2D eigenvalue weighted by atomic mass is 10.1. The van der Waals surface area contributed by atoms with E-state index in [-0.39, 0.29) is 5.91 Å². The van der Waals surface area contributed by atoms with E-state index in [1.807, 2.05) is 23.1 Å². The van der Waals surface area contributed by atoms with Crippen molar-refractivity contribution < 1.29 is 14.3 Å². The molecule has 1 saturated heterocycles. The van der Waals surface area contributed by atoms with Gasteiger partial charge in [0.1, 0.15) is 11.5 Å². The molecule has 19 heavy (non-hydrogen) atoms. The average molecular weight is 264 g/mol. The van der Waals surface area contributed by atoms with E-state index in [2.05, 4.69) is 5.32 Å². The summed E-state index contributed by atoms with van der Waals surface area (Å²) in [6.07, 6.45) is 0.548. The van der Waals surface area contributed by atoms with Crippen molar-refractivity contribution in [1.82, 2.24) is 10.2 Å². The first-order chi connectivity index (χ1) is 9.24. The van der Waals surface area contributed by atoms with Gasteiger partial charge in [0.2, 0.25) is 5.91 Å². The number of nitrogens with one attached hydrogen (secondary N) is 1. The number of carbonyl (C=O) groups is 1. The van der Waals surface area contributed by atoms with E-state index in [1.54, 1.807) is 14.2 Å². The Hall–Kier alpha value is -1.75. The van der Waals surface area contributed by atoms with Crippen molar-refractivity contribution >= 4 is 5.91 Å². The lowest BCUT2D eigenvalue weighted by Crippen LogP contribution is -2.31. The fourth-order valence-electron chi connectivity index (χ4n) is 2.20. The maximum Gasteiger partial charge on any atom is 0.224 e. The molecule has 1 amide bonds. The van der Waals surface area contributed by atoms with Crippen molar-refractivity contribution in [2.75, 3.05) is 33.9 Å². The minimum atomic E-state index is 0.176. The fraction of sp³-hybridized carbons (Fsp3) is 0.500. The van der Waals surface area contributed by atoms with E-state index in [1.165, 1.54) is 0 Å². The van der Waals surface area contributed by atoms with Crippen LogP contribution in [0.5, 0.6) is 11.5 Å². The lowest BCUT2D eigenvalue weighted by Gasteiger charge is -2.21. The number of methoxy groups -OCH3 is 2. The van der Waals surface area contributed by atoms with Crippen molar-refractivity contribution in [2.24, 2.45) is 0 Å². The summed E-state index contributed by atoms with van der Waals surface area (Å²) in [5.41, 5.74) is 0.970. The monoisotopic (exact) mass is 264 g/mol. The van der Waals surface area contributed by atoms with Gasteiger partial charge < -0.3 is 19.7 Å². The van der Waals surface area contributed by atoms with Crippen molar-refractivity contribution in [1.29, 1.82) is 0 Å². The van der Waals surface area contributed by atoms with Crippen molar-refractivity contribution in [3.8, 4) is 11.5 Å². The van der Waals surface area contributed by atoms with E-state index in [0.717, 1.165) is 36.7 Å². The second kappa shape index (κ2) is 6.43. The largest absolute Gasteiger partial charge is 0.497 e. The van der Waals surface area contributed by atoms with Gasteiger partial charge >= 0.3 is 0 Å². The summed E-state index contributed by atoms with van der Waals surface area (Å²) in [7, 11) is 3.27. The Labute approximate surface area is 113 Å². The third-order valence-electron chi connectivity index (χ3n) is 3.28. The second-order valence-corrected chi connectivity index (χ2v) is 4.49. The van der Waals surface area contributed by atoms with Gasteiger partial charge in [-0.05, 0) is 18.2 Å². The summed E-state index contributed by atoms with van der Waals surface area (Å²) in [4.78, 5) is 13.8. The zero-order chi connectivity index (χ0) is 13.7. The highest BCUT2D eigenvalue weighted by molar-refractivity contribution is 5.76. The SMILES string of the molecule is COc1ccc(OC)c(CN2CCNCCC2=O)c1. The van der Waals surface area contributed by atoms with Crippen LogP contribution in [-0.2, 0) is 11.3 Å². The minimum absolute atomic E-state index is 0.176. The van der Waals surface area contributed by atoms with Gasteiger partial charge in [0.25, 0.3) is 0 Å². The van der Waals surface area contributed by atoms with Gasteiger partial charge in [-0.15, -0.1) is 0 Å². The summed E-state index contributed by atoms with van der Waals surface area (Å²) in [5, 5.41) is 3.23. The van der Waals surface area contributed by atoms with Crippen LogP contribution in [0.15, 0.2) is 18.2 Å². The molecular weight excluding hydrogens is 244 g/mol. The number of nitrogens with zero attached hydrogens (tertiary/aromatic N) is 1. The highest BCUT2D eigenvalue weighted by Gasteiger charge is 2.18. The molecule has 1 heterocycles. The standard InChI is InChI=1S/C14H20N2O3/c1-18-12-3-4-13(19-2)11(9-12)10-16-8-7-15-6-5-14(16)17/h3-4,9,15H,5-8,10H2,1-2H3. The maximum atomic E-state index is 12.0. The molecule has 0 unspecified atom stereocenters. The average Bonchev–Trinajstić information content (AvgIpc) is 2.64. The molecule has 0 atom stereocenters. The molecule has 1 aliphatic heterocycles. The van der Waals surface area contributed by atoms with Crippen LogP contribution in [-0.4, -0.2) is 44.7 Å². The molecule has 1 fully saturated rings. The summed E-state index contributed by atoms with van der Waals surface area (Å²) >= 11 is 0. The van der Waals surface area contributed by atoms with Gasteiger partial charge in [-0.2, -0.15) is 0 Å². The number of amides is 1. The summed E-state index contributed by atoms with van der Waals surface area (Å²) in [6.45, 7) is 2.86. The summed E-state index contributed by atoms with van der Waals surface area (Å²) < 4.78 is 10.6. The zero-order valence-electron chi connectivity index (χ0n) is 11.4. The minimum Gasteiger partial charge on any atom is -0.497 e. The molecule has 1 aliphatic rings. The zero-order valence-corrected chi connectivity index (χ0v) is 11.4. The first kappa shape index (κ1) is 13.7. The quantitative estimate of drug-likeness (QED) is 0.882. The molecule has 0 aliphatic carbocycles. The van der Waals surface area contributed by atoms with Crippen LogP contribution in [0.25, 0.3) is 0 Å². The summed E-state index contributed by atoms with van der Waals surface area (Å²) in [5.74, 6) is 1.73. The molecule has 0 spiro atoms. The molecule has 0 bridgehead atoms. The highest BCUT2D eigenvalue weighted by atomic mass is 16.5. The fourth-order valence-corrected chi connectivity index (χ4v) is 2.20. The molecule has 2 rings (SSSR count). The van der Waals surface area contributed by atoms with Gasteiger partial charge in [0.05, 0.1) is 14.2 Å². The van der Waals surface area contributed by atoms with Gasteiger partial charge in [0, 0.05) is 38.2 Å². The van der Waals surface area contributed by atoms with Gasteiger partial charge in [-0.3, -0.25) is 4.79 Å². The molecule has 5 heteroatoms. The Kier molecular flexibility index (Phi) is 4.63. The predicted octanol–water partition coefficient (Wildman–Crippen LogP) is 1.03. The molecule has 1 aromatic carbocycles. The maximum absolute atomic E-state index is 12.0. The van der Waals surface area contributed by atoms with E-state index in [4.69, 9.17) is 9.47 Å². The van der Waals surface area contributed by atoms with Crippen LogP contribution in [0.3, 0.4) is 0 Å². The molecular formula is C14H20N2O3. The second-order valence-electron chi connectivity index (χ2n) is 4.49. The molecule has 0 saturated carbocycles. The Morgan fingerprint density at radius 3 is 2.84 bits per heavy atom. The molecule has 1 N–H and O–H groups in total. The van der Waals surface area contributed by atoms with Crippen LogP contribution < -0.4 is 14.8 Å². The number of ether oxygens (including phenoxy) is 2. The molecule has 1 aromatic rings. The van der Waals surface area contributed by atoms with Crippen molar-refractivity contribution in [3.05, 3.63) is 23.8 Å². The normalized spacial score (nSPS) is 16.1. The third-order valence-corrected chi connectivity index (χ3v) is 3.28. The molecule has 0 radical (unpaired) electrons. The van der Waals surface area contributed by atoms with Crippen LogP contribution in [0.1, 0.15) is 12.0 Å².